The van der Waals surface area contributed by atoms with Gasteiger partial charge in [-0.1, -0.05) is 41.6 Å². The molecule has 0 atom stereocenters. The second-order valence-electron chi connectivity index (χ2n) is 6.56. The first kappa shape index (κ1) is 21.4. The van der Waals surface area contributed by atoms with E-state index < -0.39 is 0 Å². The van der Waals surface area contributed by atoms with E-state index in [1.807, 2.05) is 29.6 Å². The number of rotatable bonds is 7. The SMILES string of the molecule is COc1ccc(CNC(=O)CSc2nc3ccsc3c(=O)n2-c2cccc(Cl)c2)cc1. The fraction of sp³-hybridized carbons (Fsp3) is 0.136. The van der Waals surface area contributed by atoms with Crippen molar-refractivity contribution in [3.8, 4) is 11.4 Å². The van der Waals surface area contributed by atoms with E-state index in [0.29, 0.717) is 32.6 Å². The van der Waals surface area contributed by atoms with Gasteiger partial charge in [-0.3, -0.25) is 14.2 Å². The molecule has 0 aliphatic heterocycles. The van der Waals surface area contributed by atoms with Crippen molar-refractivity contribution in [2.45, 2.75) is 11.7 Å². The summed E-state index contributed by atoms with van der Waals surface area (Å²) in [5, 5.41) is 5.68. The zero-order chi connectivity index (χ0) is 21.8. The number of carbonyl (C=O) groups is 1. The number of amides is 1. The smallest absolute Gasteiger partial charge is 0.276 e. The number of hydrogen-bond donors (Lipinski definition) is 1. The monoisotopic (exact) mass is 471 g/mol. The summed E-state index contributed by atoms with van der Waals surface area (Å²) in [4.78, 5) is 30.1. The molecule has 158 valence electrons. The molecule has 9 heteroatoms. The largest absolute Gasteiger partial charge is 0.497 e. The van der Waals surface area contributed by atoms with Crippen LogP contribution in [0.15, 0.2) is 69.9 Å². The first-order chi connectivity index (χ1) is 15.0. The van der Waals surface area contributed by atoms with Crippen LogP contribution >= 0.6 is 34.7 Å². The number of benzene rings is 2. The molecular weight excluding hydrogens is 454 g/mol. The molecule has 0 aliphatic rings. The number of halogens is 1. The van der Waals surface area contributed by atoms with E-state index in [1.165, 1.54) is 27.7 Å². The zero-order valence-electron chi connectivity index (χ0n) is 16.5. The summed E-state index contributed by atoms with van der Waals surface area (Å²) < 4.78 is 7.21. The van der Waals surface area contributed by atoms with Crippen molar-refractivity contribution in [2.75, 3.05) is 12.9 Å². The molecule has 4 rings (SSSR count). The van der Waals surface area contributed by atoms with E-state index in [-0.39, 0.29) is 17.2 Å². The Morgan fingerprint density at radius 2 is 2.03 bits per heavy atom. The highest BCUT2D eigenvalue weighted by Crippen LogP contribution is 2.24. The van der Waals surface area contributed by atoms with Crippen LogP contribution in [-0.2, 0) is 11.3 Å². The molecule has 1 amide bonds. The topological polar surface area (TPSA) is 73.2 Å². The Morgan fingerprint density at radius 3 is 2.77 bits per heavy atom. The van der Waals surface area contributed by atoms with Crippen LogP contribution in [0.25, 0.3) is 15.9 Å². The van der Waals surface area contributed by atoms with Crippen LogP contribution in [0.2, 0.25) is 5.02 Å². The van der Waals surface area contributed by atoms with Gasteiger partial charge in [0.15, 0.2) is 5.16 Å². The van der Waals surface area contributed by atoms with Crippen LogP contribution in [0.4, 0.5) is 0 Å². The van der Waals surface area contributed by atoms with E-state index in [2.05, 4.69) is 10.3 Å². The first-order valence-electron chi connectivity index (χ1n) is 9.34. The van der Waals surface area contributed by atoms with E-state index in [0.717, 1.165) is 11.3 Å². The molecule has 1 N–H and O–H groups in total. The lowest BCUT2D eigenvalue weighted by atomic mass is 10.2. The normalized spacial score (nSPS) is 10.9. The molecule has 2 aromatic heterocycles. The van der Waals surface area contributed by atoms with Crippen LogP contribution < -0.4 is 15.6 Å². The third-order valence-electron chi connectivity index (χ3n) is 4.50. The molecule has 6 nitrogen and oxygen atoms in total. The minimum Gasteiger partial charge on any atom is -0.497 e. The lowest BCUT2D eigenvalue weighted by Crippen LogP contribution is -2.26. The van der Waals surface area contributed by atoms with Crippen LogP contribution in [0.3, 0.4) is 0 Å². The molecule has 0 saturated heterocycles. The number of methoxy groups -OCH3 is 1. The van der Waals surface area contributed by atoms with Crippen molar-refractivity contribution in [3.63, 3.8) is 0 Å². The van der Waals surface area contributed by atoms with Gasteiger partial charge in [-0.25, -0.2) is 4.98 Å². The van der Waals surface area contributed by atoms with Crippen LogP contribution in [0.1, 0.15) is 5.56 Å². The van der Waals surface area contributed by atoms with Gasteiger partial charge in [0.25, 0.3) is 5.56 Å². The molecule has 2 aromatic carbocycles. The minimum absolute atomic E-state index is 0.124. The number of fused-ring (bicyclic) bond motifs is 1. The Labute approximate surface area is 191 Å². The Morgan fingerprint density at radius 1 is 1.23 bits per heavy atom. The van der Waals surface area contributed by atoms with Gasteiger partial charge >= 0.3 is 0 Å². The van der Waals surface area contributed by atoms with E-state index >= 15 is 0 Å². The molecule has 0 radical (unpaired) electrons. The third-order valence-corrected chi connectivity index (χ3v) is 6.56. The fourth-order valence-electron chi connectivity index (χ4n) is 2.96. The fourth-order valence-corrected chi connectivity index (χ4v) is 4.74. The number of carbonyl (C=O) groups excluding carboxylic acids is 1. The van der Waals surface area contributed by atoms with Gasteiger partial charge in [0.2, 0.25) is 5.91 Å². The Kier molecular flexibility index (Phi) is 6.60. The Balaban J connectivity index is 1.52. The van der Waals surface area contributed by atoms with Gasteiger partial charge < -0.3 is 10.1 Å². The highest BCUT2D eigenvalue weighted by atomic mass is 35.5. The van der Waals surface area contributed by atoms with Crippen molar-refractivity contribution >= 4 is 50.8 Å². The Bertz CT molecular complexity index is 1290. The maximum atomic E-state index is 13.1. The molecular formula is C22H18ClN3O3S2. The van der Waals surface area contributed by atoms with E-state index in [1.54, 1.807) is 37.4 Å². The quantitative estimate of drug-likeness (QED) is 0.317. The van der Waals surface area contributed by atoms with Gasteiger partial charge in [0.05, 0.1) is 24.1 Å². The van der Waals surface area contributed by atoms with Crippen molar-refractivity contribution in [1.29, 1.82) is 0 Å². The highest BCUT2D eigenvalue weighted by Gasteiger charge is 2.16. The van der Waals surface area contributed by atoms with Gasteiger partial charge in [-0.05, 0) is 47.3 Å². The molecule has 0 bridgehead atoms. The van der Waals surface area contributed by atoms with Crippen LogP contribution in [0.5, 0.6) is 5.75 Å². The summed E-state index contributed by atoms with van der Waals surface area (Å²) in [6.07, 6.45) is 0. The number of thioether (sulfide) groups is 1. The zero-order valence-corrected chi connectivity index (χ0v) is 18.9. The minimum atomic E-state index is -0.177. The van der Waals surface area contributed by atoms with Crippen LogP contribution in [0, 0.1) is 0 Å². The number of aromatic nitrogens is 2. The number of nitrogens with zero attached hydrogens (tertiary/aromatic N) is 2. The summed E-state index contributed by atoms with van der Waals surface area (Å²) in [6.45, 7) is 0.404. The second kappa shape index (κ2) is 9.55. The lowest BCUT2D eigenvalue weighted by Gasteiger charge is -2.12. The highest BCUT2D eigenvalue weighted by molar-refractivity contribution is 7.99. The number of hydrogen-bond acceptors (Lipinski definition) is 6. The average molecular weight is 472 g/mol. The number of thiophene rings is 1. The van der Waals surface area contributed by atoms with Crippen molar-refractivity contribution in [2.24, 2.45) is 0 Å². The maximum absolute atomic E-state index is 13.1. The second-order valence-corrected chi connectivity index (χ2v) is 8.86. The molecule has 4 aromatic rings. The summed E-state index contributed by atoms with van der Waals surface area (Å²) >= 11 is 8.68. The average Bonchev–Trinajstić information content (AvgIpc) is 3.25. The van der Waals surface area contributed by atoms with Gasteiger partial charge in [-0.2, -0.15) is 0 Å². The molecule has 0 saturated carbocycles. The summed E-state index contributed by atoms with van der Waals surface area (Å²) in [7, 11) is 1.61. The predicted molar refractivity (Wildman–Crippen MR) is 126 cm³/mol. The summed E-state index contributed by atoms with van der Waals surface area (Å²) in [6, 6.07) is 16.3. The standard InChI is InChI=1S/C22H18ClN3O3S2/c1-29-17-7-5-14(6-8-17)12-24-19(27)13-31-22-25-18-9-10-30-20(18)21(28)26(22)16-4-2-3-15(23)11-16/h2-11H,12-13H2,1H3,(H,24,27). The van der Waals surface area contributed by atoms with Crippen molar-refractivity contribution in [1.82, 2.24) is 14.9 Å². The molecule has 0 unspecified atom stereocenters. The summed E-state index contributed by atoms with van der Waals surface area (Å²) in [5.74, 6) is 0.733. The maximum Gasteiger partial charge on any atom is 0.276 e. The molecule has 0 aliphatic carbocycles. The number of nitrogens with one attached hydrogen (secondary N) is 1. The van der Waals surface area contributed by atoms with Gasteiger partial charge in [0.1, 0.15) is 10.4 Å². The van der Waals surface area contributed by atoms with Gasteiger partial charge in [-0.15, -0.1) is 11.3 Å². The molecule has 0 spiro atoms. The number of ether oxygens (including phenoxy) is 1. The van der Waals surface area contributed by atoms with Crippen molar-refractivity contribution < 1.29 is 9.53 Å². The summed E-state index contributed by atoms with van der Waals surface area (Å²) in [5.41, 5.74) is 2.02. The molecule has 31 heavy (non-hydrogen) atoms. The predicted octanol–water partition coefficient (Wildman–Crippen LogP) is 4.52. The van der Waals surface area contributed by atoms with E-state index in [9.17, 15) is 9.59 Å². The van der Waals surface area contributed by atoms with E-state index in [4.69, 9.17) is 16.3 Å². The van der Waals surface area contributed by atoms with Crippen molar-refractivity contribution in [3.05, 3.63) is 80.9 Å². The lowest BCUT2D eigenvalue weighted by molar-refractivity contribution is -0.118. The Hall–Kier alpha value is -2.81. The van der Waals surface area contributed by atoms with Gasteiger partial charge in [0, 0.05) is 11.6 Å². The third kappa shape index (κ3) is 4.92. The first-order valence-corrected chi connectivity index (χ1v) is 11.6. The van der Waals surface area contributed by atoms with Crippen LogP contribution in [-0.4, -0.2) is 28.3 Å². The molecule has 0 fully saturated rings. The molecule has 2 heterocycles.